The molecule has 2 heterocycles. The Morgan fingerprint density at radius 2 is 0.976 bits per heavy atom. The van der Waals surface area contributed by atoms with Crippen LogP contribution in [0, 0.1) is 0 Å². The lowest BCUT2D eigenvalue weighted by atomic mass is 10.0. The summed E-state index contributed by atoms with van der Waals surface area (Å²) in [7, 11) is 0. The number of rotatable bonds is 4. The van der Waals surface area contributed by atoms with Crippen molar-refractivity contribution in [1.82, 2.24) is 19.5 Å². The number of nitrogens with zero attached hydrogens (tertiary/aromatic N) is 4. The highest BCUT2D eigenvalue weighted by Gasteiger charge is 2.19. The zero-order valence-corrected chi connectivity index (χ0v) is 22.1. The number of hydrogen-bond acceptors (Lipinski definition) is 3. The lowest BCUT2D eigenvalue weighted by molar-refractivity contribution is 0.954. The predicted molar refractivity (Wildman–Crippen MR) is 168 cm³/mol. The highest BCUT2D eigenvalue weighted by Crippen LogP contribution is 2.38. The van der Waals surface area contributed by atoms with Gasteiger partial charge in [-0.15, -0.1) is 0 Å². The SMILES string of the molecule is c1ccc(-c2ccc3c4c5ccccc5ccc4n(-c4nc(-c5ccccc5)nc(-c5ccccc5)n4)c3c2)cc1. The minimum absolute atomic E-state index is 0.596. The predicted octanol–water partition coefficient (Wildman–Crippen LogP) is 9.12. The third-order valence-corrected chi connectivity index (χ3v) is 7.65. The minimum Gasteiger partial charge on any atom is -0.278 e. The molecule has 8 rings (SSSR count). The summed E-state index contributed by atoms with van der Waals surface area (Å²) in [6.45, 7) is 0. The van der Waals surface area contributed by atoms with Crippen LogP contribution in [0.3, 0.4) is 0 Å². The van der Waals surface area contributed by atoms with Gasteiger partial charge in [0.15, 0.2) is 11.6 Å². The minimum atomic E-state index is 0.596. The summed E-state index contributed by atoms with van der Waals surface area (Å²) >= 11 is 0. The maximum atomic E-state index is 5.10. The standard InChI is InChI=1S/C37H24N4/c1-4-12-25(13-5-1)29-20-22-31-33(24-29)41(32-23-21-26-14-10-11-19-30(26)34(31)32)37-39-35(27-15-6-2-7-16-27)38-36(40-37)28-17-8-3-9-18-28/h1-24H. The van der Waals surface area contributed by atoms with E-state index in [9.17, 15) is 0 Å². The molecule has 4 nitrogen and oxygen atoms in total. The molecular formula is C37H24N4. The number of hydrogen-bond donors (Lipinski definition) is 0. The fourth-order valence-corrected chi connectivity index (χ4v) is 5.71. The first-order valence-corrected chi connectivity index (χ1v) is 13.7. The van der Waals surface area contributed by atoms with Crippen molar-refractivity contribution in [3.63, 3.8) is 0 Å². The van der Waals surface area contributed by atoms with Crippen LogP contribution in [-0.4, -0.2) is 19.5 Å². The molecule has 192 valence electrons. The molecule has 0 radical (unpaired) electrons. The van der Waals surface area contributed by atoms with Crippen molar-refractivity contribution in [2.24, 2.45) is 0 Å². The smallest absolute Gasteiger partial charge is 0.238 e. The normalized spacial score (nSPS) is 11.4. The lowest BCUT2D eigenvalue weighted by Crippen LogP contribution is -2.06. The Balaban J connectivity index is 1.49. The molecule has 41 heavy (non-hydrogen) atoms. The van der Waals surface area contributed by atoms with E-state index in [-0.39, 0.29) is 0 Å². The summed E-state index contributed by atoms with van der Waals surface area (Å²) in [5, 5.41) is 4.78. The van der Waals surface area contributed by atoms with Gasteiger partial charge >= 0.3 is 0 Å². The number of aromatic nitrogens is 4. The van der Waals surface area contributed by atoms with Gasteiger partial charge in [0.1, 0.15) is 0 Å². The van der Waals surface area contributed by atoms with E-state index in [0.717, 1.165) is 27.7 Å². The Bertz CT molecular complexity index is 2130. The summed E-state index contributed by atoms with van der Waals surface area (Å²) in [4.78, 5) is 15.1. The largest absolute Gasteiger partial charge is 0.278 e. The van der Waals surface area contributed by atoms with Gasteiger partial charge in [0.2, 0.25) is 5.95 Å². The molecule has 0 amide bonds. The molecule has 6 aromatic carbocycles. The van der Waals surface area contributed by atoms with E-state index in [1.165, 1.54) is 27.1 Å². The third-order valence-electron chi connectivity index (χ3n) is 7.65. The van der Waals surface area contributed by atoms with E-state index in [0.29, 0.717) is 17.6 Å². The number of fused-ring (bicyclic) bond motifs is 5. The van der Waals surface area contributed by atoms with Crippen molar-refractivity contribution < 1.29 is 0 Å². The highest BCUT2D eigenvalue weighted by atomic mass is 15.2. The monoisotopic (exact) mass is 524 g/mol. The fraction of sp³-hybridized carbons (Fsp3) is 0. The molecule has 0 bridgehead atoms. The first-order valence-electron chi connectivity index (χ1n) is 13.7. The van der Waals surface area contributed by atoms with Crippen LogP contribution in [0.25, 0.3) is 72.4 Å². The van der Waals surface area contributed by atoms with Gasteiger partial charge in [-0.3, -0.25) is 4.57 Å². The van der Waals surface area contributed by atoms with Crippen LogP contribution in [0.2, 0.25) is 0 Å². The Morgan fingerprint density at radius 3 is 1.63 bits per heavy atom. The zero-order valence-electron chi connectivity index (χ0n) is 22.1. The Labute approximate surface area is 237 Å². The molecule has 8 aromatic rings. The first-order chi connectivity index (χ1) is 20.3. The van der Waals surface area contributed by atoms with E-state index in [1.807, 2.05) is 66.7 Å². The van der Waals surface area contributed by atoms with Gasteiger partial charge in [-0.05, 0) is 34.0 Å². The lowest BCUT2D eigenvalue weighted by Gasteiger charge is -2.11. The summed E-state index contributed by atoms with van der Waals surface area (Å²) in [6.07, 6.45) is 0. The van der Waals surface area contributed by atoms with E-state index in [1.54, 1.807) is 0 Å². The molecule has 0 saturated heterocycles. The summed E-state index contributed by atoms with van der Waals surface area (Å²) in [5.41, 5.74) is 6.33. The second-order valence-corrected chi connectivity index (χ2v) is 10.1. The second-order valence-electron chi connectivity index (χ2n) is 10.1. The van der Waals surface area contributed by atoms with Crippen molar-refractivity contribution >= 4 is 32.6 Å². The van der Waals surface area contributed by atoms with Crippen molar-refractivity contribution in [1.29, 1.82) is 0 Å². The van der Waals surface area contributed by atoms with Crippen LogP contribution >= 0.6 is 0 Å². The first kappa shape index (κ1) is 23.3. The molecule has 0 N–H and O–H groups in total. The summed E-state index contributed by atoms with van der Waals surface area (Å²) < 4.78 is 2.20. The van der Waals surface area contributed by atoms with Crippen LogP contribution < -0.4 is 0 Å². The van der Waals surface area contributed by atoms with Crippen molar-refractivity contribution in [2.45, 2.75) is 0 Å². The summed E-state index contributed by atoms with van der Waals surface area (Å²) in [6, 6.07) is 50.4. The fourth-order valence-electron chi connectivity index (χ4n) is 5.71. The molecule has 0 atom stereocenters. The van der Waals surface area contributed by atoms with Gasteiger partial charge in [0.25, 0.3) is 0 Å². The van der Waals surface area contributed by atoms with Crippen LogP contribution in [-0.2, 0) is 0 Å². The molecule has 2 aromatic heterocycles. The molecule has 0 aliphatic rings. The molecule has 0 spiro atoms. The van der Waals surface area contributed by atoms with E-state index in [2.05, 4.69) is 83.4 Å². The van der Waals surface area contributed by atoms with E-state index >= 15 is 0 Å². The van der Waals surface area contributed by atoms with Gasteiger partial charge in [-0.2, -0.15) is 9.97 Å². The Morgan fingerprint density at radius 1 is 0.390 bits per heavy atom. The van der Waals surface area contributed by atoms with Crippen LogP contribution in [0.15, 0.2) is 146 Å². The topological polar surface area (TPSA) is 43.6 Å². The molecule has 0 saturated carbocycles. The van der Waals surface area contributed by atoms with Gasteiger partial charge in [0.05, 0.1) is 11.0 Å². The van der Waals surface area contributed by atoms with Gasteiger partial charge in [-0.25, -0.2) is 4.98 Å². The Hall–Kier alpha value is -5.61. The highest BCUT2D eigenvalue weighted by molar-refractivity contribution is 6.21. The van der Waals surface area contributed by atoms with E-state index in [4.69, 9.17) is 15.0 Å². The van der Waals surface area contributed by atoms with E-state index < -0.39 is 0 Å². The maximum absolute atomic E-state index is 5.10. The van der Waals surface area contributed by atoms with Crippen LogP contribution in [0.4, 0.5) is 0 Å². The van der Waals surface area contributed by atoms with Gasteiger partial charge in [-0.1, -0.05) is 133 Å². The molecular weight excluding hydrogens is 500 g/mol. The molecule has 0 fully saturated rings. The van der Waals surface area contributed by atoms with Crippen molar-refractivity contribution in [3.8, 4) is 39.9 Å². The molecule has 0 aliphatic heterocycles. The second kappa shape index (κ2) is 9.54. The van der Waals surface area contributed by atoms with Gasteiger partial charge < -0.3 is 0 Å². The average Bonchev–Trinajstić information content (AvgIpc) is 3.40. The Kier molecular flexibility index (Phi) is 5.42. The van der Waals surface area contributed by atoms with Crippen molar-refractivity contribution in [2.75, 3.05) is 0 Å². The molecule has 4 heteroatoms. The molecule has 0 aliphatic carbocycles. The zero-order chi connectivity index (χ0) is 27.2. The summed E-state index contributed by atoms with van der Waals surface area (Å²) in [5.74, 6) is 1.88. The third kappa shape index (κ3) is 3.97. The average molecular weight is 525 g/mol. The van der Waals surface area contributed by atoms with Crippen LogP contribution in [0.5, 0.6) is 0 Å². The molecule has 0 unspecified atom stereocenters. The van der Waals surface area contributed by atoms with Crippen molar-refractivity contribution in [3.05, 3.63) is 146 Å². The number of benzene rings is 6. The quantitative estimate of drug-likeness (QED) is 0.231. The van der Waals surface area contributed by atoms with Crippen LogP contribution in [0.1, 0.15) is 0 Å². The van der Waals surface area contributed by atoms with Gasteiger partial charge in [0, 0.05) is 21.9 Å². The maximum Gasteiger partial charge on any atom is 0.238 e.